The van der Waals surface area contributed by atoms with E-state index in [-0.39, 0.29) is 24.4 Å². The predicted octanol–water partition coefficient (Wildman–Crippen LogP) is 1.58. The summed E-state index contributed by atoms with van der Waals surface area (Å²) in [5.74, 6) is 0.0836. The summed E-state index contributed by atoms with van der Waals surface area (Å²) in [6.07, 6.45) is 3.26. The molecule has 14 heavy (non-hydrogen) atoms. The van der Waals surface area contributed by atoms with E-state index in [2.05, 4.69) is 33.1 Å². The molecule has 1 aliphatic heterocycles. The van der Waals surface area contributed by atoms with Gasteiger partial charge in [-0.2, -0.15) is 0 Å². The van der Waals surface area contributed by atoms with Crippen LogP contribution in [0.25, 0.3) is 0 Å². The van der Waals surface area contributed by atoms with Crippen LogP contribution in [0.15, 0.2) is 11.1 Å². The van der Waals surface area contributed by atoms with Crippen molar-refractivity contribution in [2.45, 2.75) is 25.3 Å². The molecule has 0 aromatic carbocycles. The Morgan fingerprint density at radius 2 is 2.29 bits per heavy atom. The van der Waals surface area contributed by atoms with Crippen molar-refractivity contribution in [1.29, 1.82) is 0 Å². The number of piperidine rings is 1. The molecule has 0 bridgehead atoms. The van der Waals surface area contributed by atoms with Gasteiger partial charge in [0.15, 0.2) is 0 Å². The Balaban J connectivity index is 0.00000169. The monoisotopic (exact) mass is 282 g/mol. The van der Waals surface area contributed by atoms with Crippen molar-refractivity contribution >= 4 is 34.2 Å². The van der Waals surface area contributed by atoms with Gasteiger partial charge in [-0.25, -0.2) is 0 Å². The quantitative estimate of drug-likeness (QED) is 0.826. The van der Waals surface area contributed by atoms with Gasteiger partial charge in [-0.1, -0.05) is 28.9 Å². The third-order valence-corrected chi connectivity index (χ3v) is 2.36. The second-order valence-corrected chi connectivity index (χ2v) is 4.36. The lowest BCUT2D eigenvalue weighted by Crippen LogP contribution is -2.46. The van der Waals surface area contributed by atoms with Crippen LogP contribution >= 0.6 is 28.3 Å². The van der Waals surface area contributed by atoms with E-state index in [0.29, 0.717) is 6.54 Å². The van der Waals surface area contributed by atoms with Gasteiger partial charge in [-0.3, -0.25) is 4.79 Å². The lowest BCUT2D eigenvalue weighted by atomic mass is 10.0. The average molecular weight is 284 g/mol. The molecule has 0 aromatic heterocycles. The molecule has 1 unspecified atom stereocenters. The molecule has 0 aliphatic carbocycles. The minimum absolute atomic E-state index is 0. The summed E-state index contributed by atoms with van der Waals surface area (Å²) < 4.78 is 0.802. The number of nitrogens with one attached hydrogen (secondary N) is 2. The maximum Gasteiger partial charge on any atom is 0.237 e. The third kappa shape index (κ3) is 4.98. The Kier molecular flexibility index (Phi) is 7.23. The van der Waals surface area contributed by atoms with Gasteiger partial charge in [-0.05, 0) is 19.4 Å². The lowest BCUT2D eigenvalue weighted by molar-refractivity contribution is -0.123. The van der Waals surface area contributed by atoms with Crippen LogP contribution in [0.1, 0.15) is 19.3 Å². The highest BCUT2D eigenvalue weighted by Gasteiger charge is 2.19. The fourth-order valence-electron chi connectivity index (χ4n) is 1.38. The minimum atomic E-state index is 0. The number of amides is 1. The molecule has 1 heterocycles. The lowest BCUT2D eigenvalue weighted by Gasteiger charge is -2.22. The molecule has 2 N–H and O–H groups in total. The van der Waals surface area contributed by atoms with Crippen LogP contribution < -0.4 is 10.6 Å². The molecule has 1 atom stereocenters. The topological polar surface area (TPSA) is 41.1 Å². The van der Waals surface area contributed by atoms with Gasteiger partial charge >= 0.3 is 0 Å². The third-order valence-electron chi connectivity index (χ3n) is 2.08. The van der Waals surface area contributed by atoms with Crippen LogP contribution in [0.5, 0.6) is 0 Å². The molecule has 3 nitrogen and oxygen atoms in total. The summed E-state index contributed by atoms with van der Waals surface area (Å²) in [5, 5.41) is 5.99. The van der Waals surface area contributed by atoms with Crippen LogP contribution in [0.4, 0.5) is 0 Å². The Bertz CT molecular complexity index is 205. The summed E-state index contributed by atoms with van der Waals surface area (Å²) >= 11 is 3.20. The summed E-state index contributed by atoms with van der Waals surface area (Å²) in [6, 6.07) is 0.000556. The van der Waals surface area contributed by atoms with Gasteiger partial charge in [-0.15, -0.1) is 12.4 Å². The van der Waals surface area contributed by atoms with Gasteiger partial charge in [0.2, 0.25) is 5.91 Å². The van der Waals surface area contributed by atoms with Gasteiger partial charge in [0.05, 0.1) is 6.04 Å². The summed E-state index contributed by atoms with van der Waals surface area (Å²) in [4.78, 5) is 11.5. The fourth-order valence-corrected chi connectivity index (χ4v) is 1.52. The molecule has 0 aromatic rings. The maximum atomic E-state index is 11.5. The molecule has 1 rings (SSSR count). The van der Waals surface area contributed by atoms with E-state index in [9.17, 15) is 4.79 Å². The highest BCUT2D eigenvalue weighted by molar-refractivity contribution is 9.11. The Morgan fingerprint density at radius 3 is 2.79 bits per heavy atom. The van der Waals surface area contributed by atoms with Crippen molar-refractivity contribution in [1.82, 2.24) is 10.6 Å². The summed E-state index contributed by atoms with van der Waals surface area (Å²) in [6.45, 7) is 5.12. The van der Waals surface area contributed by atoms with E-state index in [1.54, 1.807) is 0 Å². The van der Waals surface area contributed by atoms with Crippen LogP contribution in [0.3, 0.4) is 0 Å². The van der Waals surface area contributed by atoms with E-state index in [1.807, 2.05) is 0 Å². The zero-order valence-corrected chi connectivity index (χ0v) is 10.4. The second kappa shape index (κ2) is 7.26. The van der Waals surface area contributed by atoms with Gasteiger partial charge < -0.3 is 10.6 Å². The standard InChI is InChI=1S/C9H15BrN2O.ClH/c1-7(10)6-12-9(13)8-4-2-3-5-11-8;/h8,11H,1-6H2,(H,12,13);1H. The first-order valence-electron chi connectivity index (χ1n) is 4.54. The van der Waals surface area contributed by atoms with Crippen LogP contribution in [0.2, 0.25) is 0 Å². The number of carbonyl (C=O) groups is 1. The fraction of sp³-hybridized carbons (Fsp3) is 0.667. The molecule has 0 spiro atoms. The SMILES string of the molecule is C=C(Br)CNC(=O)C1CCCCN1.Cl. The zero-order valence-electron chi connectivity index (χ0n) is 8.01. The Labute approximate surface area is 99.2 Å². The Morgan fingerprint density at radius 1 is 1.57 bits per heavy atom. The van der Waals surface area contributed by atoms with Crippen molar-refractivity contribution in [3.8, 4) is 0 Å². The predicted molar refractivity (Wildman–Crippen MR) is 64.0 cm³/mol. The van der Waals surface area contributed by atoms with E-state index >= 15 is 0 Å². The number of carbonyl (C=O) groups excluding carboxylic acids is 1. The van der Waals surface area contributed by atoms with Gasteiger partial charge in [0.1, 0.15) is 0 Å². The Hall–Kier alpha value is -0.0600. The van der Waals surface area contributed by atoms with Crippen molar-refractivity contribution in [3.63, 3.8) is 0 Å². The van der Waals surface area contributed by atoms with E-state index in [0.717, 1.165) is 23.9 Å². The average Bonchev–Trinajstić information content (AvgIpc) is 2.15. The molecule has 1 amide bonds. The van der Waals surface area contributed by atoms with Crippen molar-refractivity contribution in [3.05, 3.63) is 11.1 Å². The van der Waals surface area contributed by atoms with E-state index in [4.69, 9.17) is 0 Å². The van der Waals surface area contributed by atoms with Crippen molar-refractivity contribution in [2.75, 3.05) is 13.1 Å². The normalized spacial score (nSPS) is 20.8. The van der Waals surface area contributed by atoms with Crippen LogP contribution in [-0.2, 0) is 4.79 Å². The van der Waals surface area contributed by atoms with Crippen LogP contribution in [0, 0.1) is 0 Å². The molecular weight excluding hydrogens is 267 g/mol. The van der Waals surface area contributed by atoms with Gasteiger partial charge in [0.25, 0.3) is 0 Å². The highest BCUT2D eigenvalue weighted by atomic mass is 79.9. The number of rotatable bonds is 3. The molecule has 1 fully saturated rings. The molecule has 1 saturated heterocycles. The molecular formula is C9H16BrClN2O. The van der Waals surface area contributed by atoms with Crippen LogP contribution in [-0.4, -0.2) is 25.0 Å². The molecule has 1 aliphatic rings. The first-order chi connectivity index (χ1) is 6.20. The maximum absolute atomic E-state index is 11.5. The first kappa shape index (κ1) is 13.9. The second-order valence-electron chi connectivity index (χ2n) is 3.24. The molecule has 82 valence electrons. The number of hydrogen-bond donors (Lipinski definition) is 2. The molecule has 5 heteroatoms. The largest absolute Gasteiger partial charge is 0.350 e. The zero-order chi connectivity index (χ0) is 9.68. The van der Waals surface area contributed by atoms with E-state index < -0.39 is 0 Å². The molecule has 0 radical (unpaired) electrons. The number of hydrogen-bond acceptors (Lipinski definition) is 2. The molecule has 0 saturated carbocycles. The summed E-state index contributed by atoms with van der Waals surface area (Å²) in [7, 11) is 0. The highest BCUT2D eigenvalue weighted by Crippen LogP contribution is 2.07. The number of halogens is 2. The van der Waals surface area contributed by atoms with Gasteiger partial charge in [0, 0.05) is 11.0 Å². The van der Waals surface area contributed by atoms with Crippen molar-refractivity contribution in [2.24, 2.45) is 0 Å². The first-order valence-corrected chi connectivity index (χ1v) is 5.34. The summed E-state index contributed by atoms with van der Waals surface area (Å²) in [5.41, 5.74) is 0. The minimum Gasteiger partial charge on any atom is -0.350 e. The smallest absolute Gasteiger partial charge is 0.237 e. The van der Waals surface area contributed by atoms with Crippen molar-refractivity contribution < 1.29 is 4.79 Å². The van der Waals surface area contributed by atoms with E-state index in [1.165, 1.54) is 6.42 Å².